The zero-order valence-corrected chi connectivity index (χ0v) is 12.4. The summed E-state index contributed by atoms with van der Waals surface area (Å²) in [5, 5.41) is 2.66. The summed E-state index contributed by atoms with van der Waals surface area (Å²) in [6.45, 7) is 0.826. The third kappa shape index (κ3) is 3.12. The van der Waals surface area contributed by atoms with Gasteiger partial charge in [-0.25, -0.2) is 8.42 Å². The first-order valence-corrected chi connectivity index (χ1v) is 8.06. The topological polar surface area (TPSA) is 92.5 Å². The second-order valence-corrected chi connectivity index (χ2v) is 6.82. The number of amides is 1. The lowest BCUT2D eigenvalue weighted by atomic mass is 10.3. The molecule has 0 unspecified atom stereocenters. The van der Waals surface area contributed by atoms with Crippen molar-refractivity contribution >= 4 is 33.2 Å². The van der Waals surface area contributed by atoms with E-state index in [0.29, 0.717) is 18.8 Å². The molecule has 1 aliphatic rings. The number of benzene rings is 1. The van der Waals surface area contributed by atoms with E-state index in [0.717, 1.165) is 12.8 Å². The number of nitrogens with zero attached hydrogens (tertiary/aromatic N) is 1. The van der Waals surface area contributed by atoms with Gasteiger partial charge in [-0.2, -0.15) is 4.31 Å². The maximum atomic E-state index is 12.5. The number of nitrogens with two attached hydrogens (primary N) is 1. The van der Waals surface area contributed by atoms with E-state index in [-0.39, 0.29) is 16.5 Å². The summed E-state index contributed by atoms with van der Waals surface area (Å²) in [5.74, 6) is -0.392. The number of sulfonamides is 1. The number of carbonyl (C=O) groups excluding carboxylic acids is 1. The third-order valence-corrected chi connectivity index (χ3v) is 5.46. The van der Waals surface area contributed by atoms with Gasteiger partial charge in [-0.05, 0) is 31.0 Å². The lowest BCUT2D eigenvalue weighted by molar-refractivity contribution is -0.114. The van der Waals surface area contributed by atoms with Gasteiger partial charge < -0.3 is 11.1 Å². The fourth-order valence-electron chi connectivity index (χ4n) is 2.06. The SMILES string of the molecule is NCC(=O)Nc1ccc(Cl)c(S(=O)(=O)N2CCCC2)c1. The molecule has 1 aromatic rings. The molecule has 6 nitrogen and oxygen atoms in total. The van der Waals surface area contributed by atoms with Crippen molar-refractivity contribution < 1.29 is 13.2 Å². The maximum Gasteiger partial charge on any atom is 0.244 e. The first-order chi connectivity index (χ1) is 9.45. The van der Waals surface area contributed by atoms with Gasteiger partial charge in [0.05, 0.1) is 11.6 Å². The van der Waals surface area contributed by atoms with Crippen molar-refractivity contribution in [1.29, 1.82) is 0 Å². The second kappa shape index (κ2) is 6.09. The summed E-state index contributed by atoms with van der Waals surface area (Å²) in [5.41, 5.74) is 5.57. The van der Waals surface area contributed by atoms with Gasteiger partial charge in [-0.1, -0.05) is 11.6 Å². The highest BCUT2D eigenvalue weighted by atomic mass is 35.5. The molecule has 0 aliphatic carbocycles. The molecule has 1 saturated heterocycles. The summed E-state index contributed by atoms with van der Waals surface area (Å²) in [4.78, 5) is 11.3. The number of hydrogen-bond donors (Lipinski definition) is 2. The van der Waals surface area contributed by atoms with Crippen LogP contribution in [0.5, 0.6) is 0 Å². The van der Waals surface area contributed by atoms with Gasteiger partial charge >= 0.3 is 0 Å². The molecule has 0 aromatic heterocycles. The lowest BCUT2D eigenvalue weighted by Crippen LogP contribution is -2.28. The van der Waals surface area contributed by atoms with Crippen LogP contribution in [0.2, 0.25) is 5.02 Å². The number of nitrogens with one attached hydrogen (secondary N) is 1. The van der Waals surface area contributed by atoms with Crippen LogP contribution in [0.25, 0.3) is 0 Å². The standard InChI is InChI=1S/C12H16ClN3O3S/c13-10-4-3-9(15-12(17)8-14)7-11(10)20(18,19)16-5-1-2-6-16/h3-4,7H,1-2,5-6,8,14H2,(H,15,17). The van der Waals surface area contributed by atoms with Crippen molar-refractivity contribution in [3.8, 4) is 0 Å². The Balaban J connectivity index is 2.35. The molecular formula is C12H16ClN3O3S. The average molecular weight is 318 g/mol. The number of halogens is 1. The Bertz CT molecular complexity index is 612. The van der Waals surface area contributed by atoms with Gasteiger partial charge in [0.25, 0.3) is 0 Å². The van der Waals surface area contributed by atoms with Crippen molar-refractivity contribution in [2.45, 2.75) is 17.7 Å². The highest BCUT2D eigenvalue weighted by Gasteiger charge is 2.29. The number of carbonyl (C=O) groups is 1. The molecule has 2 rings (SSSR count). The Morgan fingerprint density at radius 2 is 2.00 bits per heavy atom. The molecule has 1 fully saturated rings. The van der Waals surface area contributed by atoms with Gasteiger partial charge in [-0.3, -0.25) is 4.79 Å². The molecule has 1 amide bonds. The molecular weight excluding hydrogens is 302 g/mol. The highest BCUT2D eigenvalue weighted by Crippen LogP contribution is 2.29. The predicted molar refractivity (Wildman–Crippen MR) is 77.1 cm³/mol. The molecule has 0 atom stereocenters. The number of anilines is 1. The minimum Gasteiger partial charge on any atom is -0.325 e. The van der Waals surface area contributed by atoms with Crippen LogP contribution in [0.15, 0.2) is 23.1 Å². The minimum atomic E-state index is -3.62. The van der Waals surface area contributed by atoms with E-state index in [1.54, 1.807) is 6.07 Å². The van der Waals surface area contributed by atoms with Gasteiger partial charge in [0.2, 0.25) is 15.9 Å². The number of rotatable bonds is 4. The van der Waals surface area contributed by atoms with Crippen molar-refractivity contribution in [3.63, 3.8) is 0 Å². The van der Waals surface area contributed by atoms with E-state index < -0.39 is 15.9 Å². The van der Waals surface area contributed by atoms with E-state index in [2.05, 4.69) is 5.32 Å². The highest BCUT2D eigenvalue weighted by molar-refractivity contribution is 7.89. The van der Waals surface area contributed by atoms with Crippen LogP contribution in [0, 0.1) is 0 Å². The average Bonchev–Trinajstić information content (AvgIpc) is 2.95. The molecule has 20 heavy (non-hydrogen) atoms. The molecule has 3 N–H and O–H groups in total. The van der Waals surface area contributed by atoms with Gasteiger partial charge in [-0.15, -0.1) is 0 Å². The van der Waals surface area contributed by atoms with E-state index in [1.807, 2.05) is 0 Å². The van der Waals surface area contributed by atoms with E-state index in [1.165, 1.54) is 16.4 Å². The quantitative estimate of drug-likeness (QED) is 0.867. The molecule has 0 spiro atoms. The monoisotopic (exact) mass is 317 g/mol. The maximum absolute atomic E-state index is 12.5. The molecule has 0 saturated carbocycles. The van der Waals surface area contributed by atoms with Crippen LogP contribution >= 0.6 is 11.6 Å². The Kier molecular flexibility index (Phi) is 4.64. The van der Waals surface area contributed by atoms with Crippen molar-refractivity contribution in [3.05, 3.63) is 23.2 Å². The Labute approximate surface area is 122 Å². The van der Waals surface area contributed by atoms with Gasteiger partial charge in [0.1, 0.15) is 4.90 Å². The van der Waals surface area contributed by atoms with Crippen LogP contribution < -0.4 is 11.1 Å². The lowest BCUT2D eigenvalue weighted by Gasteiger charge is -2.17. The van der Waals surface area contributed by atoms with E-state index >= 15 is 0 Å². The normalized spacial score (nSPS) is 16.3. The number of hydrogen-bond acceptors (Lipinski definition) is 4. The molecule has 0 radical (unpaired) electrons. The molecule has 1 heterocycles. The van der Waals surface area contributed by atoms with Crippen LogP contribution in [0.1, 0.15) is 12.8 Å². The zero-order chi connectivity index (χ0) is 14.8. The minimum absolute atomic E-state index is 0.0101. The largest absolute Gasteiger partial charge is 0.325 e. The van der Waals surface area contributed by atoms with Crippen LogP contribution in [-0.4, -0.2) is 38.3 Å². The molecule has 1 aliphatic heterocycles. The summed E-state index contributed by atoms with van der Waals surface area (Å²) in [6, 6.07) is 4.36. The Morgan fingerprint density at radius 1 is 1.35 bits per heavy atom. The molecule has 110 valence electrons. The third-order valence-electron chi connectivity index (χ3n) is 3.08. The van der Waals surface area contributed by atoms with Gasteiger partial charge in [0, 0.05) is 18.8 Å². The fourth-order valence-corrected chi connectivity index (χ4v) is 4.08. The molecule has 0 bridgehead atoms. The summed E-state index contributed by atoms with van der Waals surface area (Å²) >= 11 is 5.99. The molecule has 8 heteroatoms. The first kappa shape index (κ1) is 15.2. The fraction of sp³-hybridized carbons (Fsp3) is 0.417. The predicted octanol–water partition coefficient (Wildman–Crippen LogP) is 1.02. The Morgan fingerprint density at radius 3 is 2.60 bits per heavy atom. The second-order valence-electron chi connectivity index (χ2n) is 4.51. The summed E-state index contributed by atoms with van der Waals surface area (Å²) in [7, 11) is -3.62. The summed E-state index contributed by atoms with van der Waals surface area (Å²) < 4.78 is 26.3. The van der Waals surface area contributed by atoms with Crippen LogP contribution in [0.4, 0.5) is 5.69 Å². The smallest absolute Gasteiger partial charge is 0.244 e. The van der Waals surface area contributed by atoms with Gasteiger partial charge in [0.15, 0.2) is 0 Å². The zero-order valence-electron chi connectivity index (χ0n) is 10.8. The van der Waals surface area contributed by atoms with Crippen molar-refractivity contribution in [2.24, 2.45) is 5.73 Å². The molecule has 1 aromatic carbocycles. The summed E-state index contributed by atoms with van der Waals surface area (Å²) in [6.07, 6.45) is 1.70. The van der Waals surface area contributed by atoms with E-state index in [4.69, 9.17) is 17.3 Å². The van der Waals surface area contributed by atoms with Crippen molar-refractivity contribution in [2.75, 3.05) is 25.0 Å². The Hall–Kier alpha value is -1.15. The van der Waals surface area contributed by atoms with Crippen LogP contribution in [0.3, 0.4) is 0 Å². The van der Waals surface area contributed by atoms with E-state index in [9.17, 15) is 13.2 Å². The van der Waals surface area contributed by atoms with Crippen molar-refractivity contribution in [1.82, 2.24) is 4.31 Å². The van der Waals surface area contributed by atoms with Crippen LogP contribution in [-0.2, 0) is 14.8 Å². The first-order valence-electron chi connectivity index (χ1n) is 6.25.